The topological polar surface area (TPSA) is 26.3 Å². The summed E-state index contributed by atoms with van der Waals surface area (Å²) in [5, 5.41) is 0. The van der Waals surface area contributed by atoms with Crippen molar-refractivity contribution < 1.29 is 31.0 Å². The molecule has 3 nitrogen and oxygen atoms in total. The van der Waals surface area contributed by atoms with Gasteiger partial charge in [-0.1, -0.05) is 63.2 Å². The van der Waals surface area contributed by atoms with Crippen LogP contribution in [0.15, 0.2) is 54.6 Å². The lowest BCUT2D eigenvalue weighted by molar-refractivity contribution is -0.961. The highest BCUT2D eigenvalue weighted by molar-refractivity contribution is 5.89. The summed E-state index contributed by atoms with van der Waals surface area (Å²) >= 11 is 0. The zero-order chi connectivity index (χ0) is 20.6. The highest BCUT2D eigenvalue weighted by Gasteiger charge is 2.52. The Balaban J connectivity index is 0.00000256. The van der Waals surface area contributed by atoms with Crippen molar-refractivity contribution in [1.82, 2.24) is 0 Å². The monoisotopic (exact) mass is 471 g/mol. The number of carbonyl (C=O) groups is 1. The smallest absolute Gasteiger partial charge is 0.338 e. The van der Waals surface area contributed by atoms with Gasteiger partial charge >= 0.3 is 5.97 Å². The number of carbonyl (C=O) groups excluding carboxylic acids is 1. The number of hydrogen-bond donors (Lipinski definition) is 0. The Labute approximate surface area is 191 Å². The number of nitrogens with zero attached hydrogens (tertiary/aromatic N) is 1. The predicted molar refractivity (Wildman–Crippen MR) is 117 cm³/mol. The number of esters is 1. The number of piperidine rings is 1. The van der Waals surface area contributed by atoms with Crippen LogP contribution in [0.2, 0.25) is 0 Å². The zero-order valence-corrected chi connectivity index (χ0v) is 20.2. The van der Waals surface area contributed by atoms with Gasteiger partial charge in [-0.25, -0.2) is 4.79 Å². The molecule has 0 amide bonds. The molecule has 162 valence electrons. The Morgan fingerprint density at radius 1 is 0.967 bits per heavy atom. The molecule has 0 radical (unpaired) electrons. The minimum absolute atomic E-state index is 0. The fourth-order valence-corrected chi connectivity index (χ4v) is 5.34. The lowest BCUT2D eigenvalue weighted by Crippen LogP contribution is -3.00. The Bertz CT molecular complexity index is 843. The van der Waals surface area contributed by atoms with Crippen LogP contribution in [0.4, 0.5) is 0 Å². The first-order chi connectivity index (χ1) is 13.8. The number of halogens is 1. The Kier molecular flexibility index (Phi) is 6.78. The van der Waals surface area contributed by atoms with Gasteiger partial charge in [0.2, 0.25) is 0 Å². The summed E-state index contributed by atoms with van der Waals surface area (Å²) in [6.07, 6.45) is 4.48. The standard InChI is InChI=1S/C26H34NO2.BrH/c1-26(2,3)21-12-10-19(11-13-21)18-27(4)22-14-15-23(27)17-24(16-22)29-25(28)20-8-6-5-7-9-20;/h5-13,22-24H,14-18H2,1-4H3;1H/q+1;/p-1. The maximum atomic E-state index is 12.5. The van der Waals surface area contributed by atoms with Crippen molar-refractivity contribution in [3.05, 3.63) is 71.3 Å². The third-order valence-electron chi connectivity index (χ3n) is 7.20. The third-order valence-corrected chi connectivity index (χ3v) is 7.20. The molecule has 2 aromatic carbocycles. The lowest BCUT2D eigenvalue weighted by atomic mass is 9.86. The van der Waals surface area contributed by atoms with Crippen LogP contribution in [0, 0.1) is 0 Å². The summed E-state index contributed by atoms with van der Waals surface area (Å²) in [6.45, 7) is 7.85. The van der Waals surface area contributed by atoms with Gasteiger partial charge in [-0.15, -0.1) is 0 Å². The number of quaternary nitrogens is 1. The van der Waals surface area contributed by atoms with Crippen molar-refractivity contribution >= 4 is 5.97 Å². The van der Waals surface area contributed by atoms with Crippen molar-refractivity contribution in [2.75, 3.05) is 7.05 Å². The average molecular weight is 472 g/mol. The first kappa shape index (κ1) is 23.0. The molecule has 2 aliphatic rings. The molecule has 2 bridgehead atoms. The van der Waals surface area contributed by atoms with Crippen molar-refractivity contribution in [3.63, 3.8) is 0 Å². The molecular weight excluding hydrogens is 438 g/mol. The predicted octanol–water partition coefficient (Wildman–Crippen LogP) is 2.49. The first-order valence-corrected chi connectivity index (χ1v) is 11.0. The molecular formula is C26H34BrNO2. The van der Waals surface area contributed by atoms with E-state index in [0.29, 0.717) is 17.6 Å². The van der Waals surface area contributed by atoms with Gasteiger partial charge in [-0.2, -0.15) is 0 Å². The molecule has 0 aromatic heterocycles. The first-order valence-electron chi connectivity index (χ1n) is 11.0. The molecule has 2 unspecified atom stereocenters. The molecule has 0 spiro atoms. The number of ether oxygens (including phenoxy) is 1. The van der Waals surface area contributed by atoms with Crippen LogP contribution < -0.4 is 17.0 Å². The van der Waals surface area contributed by atoms with E-state index in [9.17, 15) is 4.79 Å². The molecule has 30 heavy (non-hydrogen) atoms. The molecule has 0 aliphatic carbocycles. The van der Waals surface area contributed by atoms with Crippen molar-refractivity contribution in [2.24, 2.45) is 0 Å². The second-order valence-corrected chi connectivity index (χ2v) is 10.2. The zero-order valence-electron chi connectivity index (χ0n) is 18.6. The minimum atomic E-state index is -0.177. The average Bonchev–Trinajstić information content (AvgIpc) is 2.85. The van der Waals surface area contributed by atoms with E-state index in [2.05, 4.69) is 52.1 Å². The van der Waals surface area contributed by atoms with Crippen molar-refractivity contribution in [2.45, 2.75) is 76.6 Å². The van der Waals surface area contributed by atoms with E-state index in [1.165, 1.54) is 24.0 Å². The van der Waals surface area contributed by atoms with Gasteiger partial charge in [0, 0.05) is 31.2 Å². The van der Waals surface area contributed by atoms with Crippen LogP contribution in [0.3, 0.4) is 0 Å². The van der Waals surface area contributed by atoms with E-state index in [4.69, 9.17) is 4.74 Å². The molecule has 4 rings (SSSR count). The van der Waals surface area contributed by atoms with Gasteiger partial charge in [0.05, 0.1) is 24.7 Å². The summed E-state index contributed by atoms with van der Waals surface area (Å²) in [4.78, 5) is 12.5. The van der Waals surface area contributed by atoms with Gasteiger partial charge in [0.15, 0.2) is 0 Å². The van der Waals surface area contributed by atoms with E-state index in [1.54, 1.807) is 0 Å². The quantitative estimate of drug-likeness (QED) is 0.505. The van der Waals surface area contributed by atoms with E-state index < -0.39 is 0 Å². The lowest BCUT2D eigenvalue weighted by Gasteiger charge is -2.47. The SMILES string of the molecule is CC(C)(C)c1ccc(C[N+]2(C)C3CCC2CC(OC(=O)c2ccccc2)C3)cc1.[Br-]. The van der Waals surface area contributed by atoms with E-state index in [0.717, 1.165) is 23.9 Å². The number of rotatable bonds is 4. The molecule has 0 saturated carbocycles. The maximum absolute atomic E-state index is 12.5. The molecule has 2 atom stereocenters. The van der Waals surface area contributed by atoms with E-state index >= 15 is 0 Å². The Hall–Kier alpha value is -1.65. The molecule has 2 aliphatic heterocycles. The maximum Gasteiger partial charge on any atom is 0.338 e. The molecule has 4 heteroatoms. The summed E-state index contributed by atoms with van der Waals surface area (Å²) < 4.78 is 7.00. The molecule has 2 saturated heterocycles. The summed E-state index contributed by atoms with van der Waals surface area (Å²) in [6, 6.07) is 19.7. The fraction of sp³-hybridized carbons (Fsp3) is 0.500. The molecule has 2 fully saturated rings. The van der Waals surface area contributed by atoms with Crippen LogP contribution in [-0.2, 0) is 16.7 Å². The molecule has 0 N–H and O–H groups in total. The van der Waals surface area contributed by atoms with Crippen molar-refractivity contribution in [1.29, 1.82) is 0 Å². The molecule has 2 heterocycles. The van der Waals surface area contributed by atoms with E-state index in [-0.39, 0.29) is 34.5 Å². The summed E-state index contributed by atoms with van der Waals surface area (Å²) in [5.74, 6) is -0.177. The number of fused-ring (bicyclic) bond motifs is 2. The van der Waals surface area contributed by atoms with Gasteiger partial charge in [-0.05, 0) is 23.1 Å². The van der Waals surface area contributed by atoms with Gasteiger partial charge in [-0.3, -0.25) is 0 Å². The van der Waals surface area contributed by atoms with Gasteiger partial charge < -0.3 is 26.2 Å². The van der Waals surface area contributed by atoms with Crippen LogP contribution in [0.1, 0.15) is 67.9 Å². The Morgan fingerprint density at radius 3 is 2.07 bits per heavy atom. The third kappa shape index (κ3) is 4.65. The highest BCUT2D eigenvalue weighted by Crippen LogP contribution is 2.43. The van der Waals surface area contributed by atoms with Crippen LogP contribution in [-0.4, -0.2) is 35.7 Å². The van der Waals surface area contributed by atoms with Gasteiger partial charge in [0.1, 0.15) is 12.6 Å². The number of hydrogen-bond acceptors (Lipinski definition) is 2. The molecule has 2 aromatic rings. The van der Waals surface area contributed by atoms with Crippen LogP contribution in [0.5, 0.6) is 0 Å². The fourth-order valence-electron chi connectivity index (χ4n) is 5.34. The minimum Gasteiger partial charge on any atom is -1.00 e. The second-order valence-electron chi connectivity index (χ2n) is 10.2. The number of benzene rings is 2. The van der Waals surface area contributed by atoms with E-state index in [1.807, 2.05) is 30.3 Å². The van der Waals surface area contributed by atoms with Crippen LogP contribution >= 0.6 is 0 Å². The van der Waals surface area contributed by atoms with Gasteiger partial charge in [0.25, 0.3) is 0 Å². The summed E-state index contributed by atoms with van der Waals surface area (Å²) in [7, 11) is 2.41. The second kappa shape index (κ2) is 8.84. The highest BCUT2D eigenvalue weighted by atomic mass is 79.9. The largest absolute Gasteiger partial charge is 1.00 e. The normalized spacial score (nSPS) is 27.9. The van der Waals surface area contributed by atoms with Crippen molar-refractivity contribution in [3.8, 4) is 0 Å². The summed E-state index contributed by atoms with van der Waals surface area (Å²) in [5.41, 5.74) is 3.65. The van der Waals surface area contributed by atoms with Crippen LogP contribution in [0.25, 0.3) is 0 Å². The Morgan fingerprint density at radius 2 is 1.53 bits per heavy atom.